The lowest BCUT2D eigenvalue weighted by atomic mass is 9.84. The van der Waals surface area contributed by atoms with Crippen molar-refractivity contribution in [1.82, 2.24) is 15.5 Å². The molecular weight excluding hydrogens is 304 g/mol. The predicted molar refractivity (Wildman–Crippen MR) is 90.1 cm³/mol. The number of nitrogens with two attached hydrogens (primary N) is 1. The van der Waals surface area contributed by atoms with Gasteiger partial charge in [0.2, 0.25) is 11.8 Å². The zero-order chi connectivity index (χ0) is 16.9. The second kappa shape index (κ2) is 7.57. The number of aryl methyl sites for hydroxylation is 1. The van der Waals surface area contributed by atoms with E-state index in [-0.39, 0.29) is 17.9 Å². The van der Waals surface area contributed by atoms with Crippen LogP contribution in [0.5, 0.6) is 0 Å². The molecule has 0 aliphatic heterocycles. The van der Waals surface area contributed by atoms with Crippen molar-refractivity contribution < 1.29 is 9.32 Å². The first kappa shape index (κ1) is 16.6. The normalized spacial score (nSPS) is 20.9. The van der Waals surface area contributed by atoms with Crippen LogP contribution < -0.4 is 11.1 Å². The van der Waals surface area contributed by atoms with Gasteiger partial charge >= 0.3 is 0 Å². The zero-order valence-corrected chi connectivity index (χ0v) is 14.0. The van der Waals surface area contributed by atoms with Gasteiger partial charge in [-0.1, -0.05) is 42.3 Å². The van der Waals surface area contributed by atoms with Crippen LogP contribution in [0.15, 0.2) is 28.8 Å². The Hall–Kier alpha value is -2.21. The fraction of sp³-hybridized carbons (Fsp3) is 0.500. The Morgan fingerprint density at radius 2 is 2.12 bits per heavy atom. The number of amides is 1. The molecule has 0 radical (unpaired) electrons. The Kier molecular flexibility index (Phi) is 5.25. The summed E-state index contributed by atoms with van der Waals surface area (Å²) in [6.07, 6.45) is 4.65. The van der Waals surface area contributed by atoms with Crippen LogP contribution >= 0.6 is 0 Å². The Balaban J connectivity index is 1.58. The summed E-state index contributed by atoms with van der Waals surface area (Å²) in [5, 5.41) is 7.41. The van der Waals surface area contributed by atoms with Gasteiger partial charge in [0, 0.05) is 12.5 Å². The van der Waals surface area contributed by atoms with Crippen molar-refractivity contribution in [3.05, 3.63) is 47.1 Å². The van der Waals surface area contributed by atoms with Crippen LogP contribution in [-0.2, 0) is 17.8 Å². The van der Waals surface area contributed by atoms with Gasteiger partial charge in [-0.15, -0.1) is 0 Å². The molecule has 24 heavy (non-hydrogen) atoms. The molecule has 1 aromatic heterocycles. The molecule has 3 rings (SSSR count). The van der Waals surface area contributed by atoms with Crippen molar-refractivity contribution in [2.75, 3.05) is 0 Å². The van der Waals surface area contributed by atoms with Crippen LogP contribution in [-0.4, -0.2) is 22.1 Å². The Morgan fingerprint density at radius 1 is 1.33 bits per heavy atom. The highest BCUT2D eigenvalue weighted by Crippen LogP contribution is 2.24. The summed E-state index contributed by atoms with van der Waals surface area (Å²) in [4.78, 5) is 16.0. The van der Waals surface area contributed by atoms with E-state index < -0.39 is 0 Å². The Morgan fingerprint density at radius 3 is 2.92 bits per heavy atom. The Labute approximate surface area is 141 Å². The van der Waals surface area contributed by atoms with Crippen molar-refractivity contribution in [2.24, 2.45) is 11.7 Å². The number of benzene rings is 1. The molecule has 1 saturated carbocycles. The van der Waals surface area contributed by atoms with Crippen LogP contribution in [0.1, 0.15) is 48.5 Å². The van der Waals surface area contributed by atoms with Crippen LogP contribution in [0.2, 0.25) is 0 Å². The molecule has 0 unspecified atom stereocenters. The summed E-state index contributed by atoms with van der Waals surface area (Å²) in [6, 6.07) is 8.28. The van der Waals surface area contributed by atoms with Gasteiger partial charge in [-0.25, -0.2) is 0 Å². The van der Waals surface area contributed by atoms with E-state index in [0.29, 0.717) is 24.7 Å². The van der Waals surface area contributed by atoms with Gasteiger partial charge in [-0.3, -0.25) is 4.79 Å². The smallest absolute Gasteiger partial charge is 0.240 e. The number of nitrogens with one attached hydrogen (secondary N) is 1. The van der Waals surface area contributed by atoms with Crippen LogP contribution in [0.3, 0.4) is 0 Å². The summed E-state index contributed by atoms with van der Waals surface area (Å²) in [5.41, 5.74) is 7.91. The summed E-state index contributed by atoms with van der Waals surface area (Å²) in [7, 11) is 0. The first-order valence-corrected chi connectivity index (χ1v) is 8.52. The maximum atomic E-state index is 11.5. The van der Waals surface area contributed by atoms with Crippen molar-refractivity contribution in [3.8, 4) is 0 Å². The van der Waals surface area contributed by atoms with Gasteiger partial charge in [-0.05, 0) is 30.9 Å². The van der Waals surface area contributed by atoms with E-state index in [0.717, 1.165) is 25.7 Å². The molecule has 1 aromatic carbocycles. The van der Waals surface area contributed by atoms with E-state index in [2.05, 4.69) is 34.5 Å². The second-order valence-corrected chi connectivity index (χ2v) is 6.49. The molecule has 1 aliphatic rings. The number of hydrogen-bond acceptors (Lipinski definition) is 5. The summed E-state index contributed by atoms with van der Waals surface area (Å²) < 4.78 is 5.32. The largest absolute Gasteiger partial charge is 0.369 e. The van der Waals surface area contributed by atoms with E-state index in [9.17, 15) is 4.79 Å². The standard InChI is InChI=1S/C18H24N4O2/c1-12-6-2-3-7-13(12)10-16-21-17(24-22-16)11-20-15-9-5-4-8-14(15)18(19)23/h2-3,6-7,14-15,20H,4-5,8-11H2,1H3,(H2,19,23)/t14-,15-/m1/s1. The van der Waals surface area contributed by atoms with Crippen LogP contribution in [0.25, 0.3) is 0 Å². The molecule has 0 bridgehead atoms. The monoisotopic (exact) mass is 328 g/mol. The summed E-state index contributed by atoms with van der Waals surface area (Å²) in [6.45, 7) is 2.54. The molecule has 1 amide bonds. The third kappa shape index (κ3) is 4.00. The maximum absolute atomic E-state index is 11.5. The van der Waals surface area contributed by atoms with Crippen molar-refractivity contribution in [1.29, 1.82) is 0 Å². The van der Waals surface area contributed by atoms with Gasteiger partial charge < -0.3 is 15.6 Å². The average Bonchev–Trinajstić information content (AvgIpc) is 3.03. The molecule has 1 aliphatic carbocycles. The number of aromatic nitrogens is 2. The molecule has 128 valence electrons. The van der Waals surface area contributed by atoms with E-state index in [1.807, 2.05) is 12.1 Å². The minimum Gasteiger partial charge on any atom is -0.369 e. The molecule has 2 atom stereocenters. The number of hydrogen-bond donors (Lipinski definition) is 2. The third-order valence-electron chi connectivity index (χ3n) is 4.77. The topological polar surface area (TPSA) is 94.0 Å². The Bertz CT molecular complexity index is 698. The SMILES string of the molecule is Cc1ccccc1Cc1noc(CN[C@@H]2CCCC[C@H]2C(N)=O)n1. The molecule has 3 N–H and O–H groups in total. The van der Waals surface area contributed by atoms with Gasteiger partial charge in [0.05, 0.1) is 12.5 Å². The highest BCUT2D eigenvalue weighted by molar-refractivity contribution is 5.77. The van der Waals surface area contributed by atoms with Crippen LogP contribution in [0, 0.1) is 12.8 Å². The zero-order valence-electron chi connectivity index (χ0n) is 14.0. The quantitative estimate of drug-likeness (QED) is 0.847. The number of carbonyl (C=O) groups excluding carboxylic acids is 1. The second-order valence-electron chi connectivity index (χ2n) is 6.49. The highest BCUT2D eigenvalue weighted by Gasteiger charge is 2.29. The number of primary amides is 1. The van der Waals surface area contributed by atoms with Gasteiger partial charge in [0.25, 0.3) is 0 Å². The first-order valence-electron chi connectivity index (χ1n) is 8.52. The molecule has 1 fully saturated rings. The number of rotatable bonds is 6. The highest BCUT2D eigenvalue weighted by atomic mass is 16.5. The minimum atomic E-state index is -0.224. The van der Waals surface area contributed by atoms with Crippen molar-refractivity contribution >= 4 is 5.91 Å². The average molecular weight is 328 g/mol. The molecule has 2 aromatic rings. The molecule has 0 saturated heterocycles. The summed E-state index contributed by atoms with van der Waals surface area (Å²) >= 11 is 0. The lowest BCUT2D eigenvalue weighted by Crippen LogP contribution is -2.44. The number of nitrogens with zero attached hydrogens (tertiary/aromatic N) is 2. The van der Waals surface area contributed by atoms with E-state index in [1.165, 1.54) is 11.1 Å². The van der Waals surface area contributed by atoms with Crippen LogP contribution in [0.4, 0.5) is 0 Å². The molecular formula is C18H24N4O2. The predicted octanol–water partition coefficient (Wildman–Crippen LogP) is 2.10. The summed E-state index contributed by atoms with van der Waals surface area (Å²) in [5.74, 6) is 0.898. The molecule has 1 heterocycles. The number of carbonyl (C=O) groups is 1. The molecule has 0 spiro atoms. The van der Waals surface area contributed by atoms with Crippen molar-refractivity contribution in [2.45, 2.75) is 51.6 Å². The third-order valence-corrected chi connectivity index (χ3v) is 4.77. The van der Waals surface area contributed by atoms with Crippen molar-refractivity contribution in [3.63, 3.8) is 0 Å². The van der Waals surface area contributed by atoms with E-state index >= 15 is 0 Å². The fourth-order valence-corrected chi connectivity index (χ4v) is 3.35. The van der Waals surface area contributed by atoms with Gasteiger partial charge in [0.15, 0.2) is 5.82 Å². The van der Waals surface area contributed by atoms with E-state index in [1.54, 1.807) is 0 Å². The molecule has 6 nitrogen and oxygen atoms in total. The van der Waals surface area contributed by atoms with E-state index in [4.69, 9.17) is 10.3 Å². The first-order chi connectivity index (χ1) is 11.6. The minimum absolute atomic E-state index is 0.1000. The van der Waals surface area contributed by atoms with Gasteiger partial charge in [0.1, 0.15) is 0 Å². The fourth-order valence-electron chi connectivity index (χ4n) is 3.35. The van der Waals surface area contributed by atoms with Gasteiger partial charge in [-0.2, -0.15) is 4.98 Å². The maximum Gasteiger partial charge on any atom is 0.240 e. The lowest BCUT2D eigenvalue weighted by molar-refractivity contribution is -0.123. The lowest BCUT2D eigenvalue weighted by Gasteiger charge is -2.29. The molecule has 6 heteroatoms.